The first-order valence-corrected chi connectivity index (χ1v) is 7.61. The molecule has 2 unspecified atom stereocenters. The molecule has 0 aromatic heterocycles. The van der Waals surface area contributed by atoms with Crippen LogP contribution in [0.3, 0.4) is 0 Å². The number of carbonyl (C=O) groups is 1. The summed E-state index contributed by atoms with van der Waals surface area (Å²) in [4.78, 5) is 12.3. The molecule has 148 valence electrons. The molecule has 0 aromatic carbocycles. The zero-order chi connectivity index (χ0) is 20.4. The highest BCUT2D eigenvalue weighted by atomic mass is 19.4. The number of alkyl halides is 6. The molecule has 9 heteroatoms. The van der Waals surface area contributed by atoms with Crippen LogP contribution in [0.4, 0.5) is 26.3 Å². The summed E-state index contributed by atoms with van der Waals surface area (Å²) in [6, 6.07) is 0. The number of hydrogen-bond donors (Lipinski definition) is 1. The first-order valence-electron chi connectivity index (χ1n) is 7.61. The van der Waals surface area contributed by atoms with Crippen molar-refractivity contribution in [3.63, 3.8) is 0 Å². The standard InChI is InChI=1S/C16H24F6O3/c1-9(2)7-13(6,10(3)4)12(23)25-11(5)8-14(24,15(17,18)19)16(20,21)22/h7,10-11,24H,8H2,1-6H3. The molecule has 0 aliphatic heterocycles. The molecule has 0 aromatic rings. The van der Waals surface area contributed by atoms with E-state index >= 15 is 0 Å². The molecule has 0 amide bonds. The number of esters is 1. The van der Waals surface area contributed by atoms with Crippen molar-refractivity contribution < 1.29 is 41.0 Å². The smallest absolute Gasteiger partial charge is 0.426 e. The average Bonchev–Trinajstić information content (AvgIpc) is 2.34. The van der Waals surface area contributed by atoms with E-state index in [-0.39, 0.29) is 5.92 Å². The Morgan fingerprint density at radius 3 is 1.72 bits per heavy atom. The van der Waals surface area contributed by atoms with Crippen LogP contribution in [0.15, 0.2) is 11.6 Å². The van der Waals surface area contributed by atoms with Gasteiger partial charge in [-0.15, -0.1) is 0 Å². The van der Waals surface area contributed by atoms with E-state index in [1.807, 2.05) is 0 Å². The molecular weight excluding hydrogens is 354 g/mol. The Bertz CT molecular complexity index is 489. The van der Waals surface area contributed by atoms with Gasteiger partial charge in [0.2, 0.25) is 0 Å². The first-order chi connectivity index (χ1) is 10.9. The highest BCUT2D eigenvalue weighted by molar-refractivity contribution is 5.79. The van der Waals surface area contributed by atoms with Crippen molar-refractivity contribution in [2.75, 3.05) is 0 Å². The molecule has 3 nitrogen and oxygen atoms in total. The predicted molar refractivity (Wildman–Crippen MR) is 79.6 cm³/mol. The Kier molecular flexibility index (Phi) is 7.17. The summed E-state index contributed by atoms with van der Waals surface area (Å²) in [6.07, 6.45) is -14.0. The minimum atomic E-state index is -5.95. The van der Waals surface area contributed by atoms with E-state index in [1.54, 1.807) is 33.8 Å². The van der Waals surface area contributed by atoms with E-state index in [9.17, 15) is 36.2 Å². The van der Waals surface area contributed by atoms with Gasteiger partial charge in [-0.25, -0.2) is 0 Å². The van der Waals surface area contributed by atoms with Gasteiger partial charge in [0.25, 0.3) is 5.60 Å². The lowest BCUT2D eigenvalue weighted by Gasteiger charge is -2.35. The van der Waals surface area contributed by atoms with Gasteiger partial charge in [-0.3, -0.25) is 4.79 Å². The number of carbonyl (C=O) groups excluding carboxylic acids is 1. The molecule has 0 radical (unpaired) electrons. The quantitative estimate of drug-likeness (QED) is 0.411. The zero-order valence-electron chi connectivity index (χ0n) is 15.0. The molecule has 0 saturated heterocycles. The van der Waals surface area contributed by atoms with Gasteiger partial charge in [-0.05, 0) is 33.6 Å². The van der Waals surface area contributed by atoms with E-state index in [0.29, 0.717) is 0 Å². The molecule has 0 spiro atoms. The van der Waals surface area contributed by atoms with Crippen molar-refractivity contribution in [2.24, 2.45) is 11.3 Å². The van der Waals surface area contributed by atoms with Gasteiger partial charge >= 0.3 is 18.3 Å². The summed E-state index contributed by atoms with van der Waals surface area (Å²) in [7, 11) is 0. The fourth-order valence-electron chi connectivity index (χ4n) is 2.22. The fraction of sp³-hybridized carbons (Fsp3) is 0.812. The molecule has 0 fully saturated rings. The molecule has 1 N–H and O–H groups in total. The summed E-state index contributed by atoms with van der Waals surface area (Å²) in [5.74, 6) is -1.27. The monoisotopic (exact) mass is 378 g/mol. The number of hydrogen-bond acceptors (Lipinski definition) is 3. The lowest BCUT2D eigenvalue weighted by atomic mass is 9.78. The van der Waals surface area contributed by atoms with Crippen molar-refractivity contribution in [1.82, 2.24) is 0 Å². The van der Waals surface area contributed by atoms with Gasteiger partial charge in [-0.1, -0.05) is 25.5 Å². The number of rotatable bonds is 6. The summed E-state index contributed by atoms with van der Waals surface area (Å²) in [6.45, 7) is 9.11. The number of halogens is 6. The summed E-state index contributed by atoms with van der Waals surface area (Å²) < 4.78 is 81.1. The molecular formula is C16H24F6O3. The highest BCUT2D eigenvalue weighted by Crippen LogP contribution is 2.46. The van der Waals surface area contributed by atoms with E-state index in [2.05, 4.69) is 0 Å². The first kappa shape index (κ1) is 23.8. The van der Waals surface area contributed by atoms with Crippen LogP contribution in [0.5, 0.6) is 0 Å². The molecule has 0 heterocycles. The van der Waals surface area contributed by atoms with E-state index in [1.165, 1.54) is 6.92 Å². The van der Waals surface area contributed by atoms with Crippen LogP contribution in [0, 0.1) is 11.3 Å². The van der Waals surface area contributed by atoms with Gasteiger partial charge in [0, 0.05) is 6.42 Å². The third-order valence-electron chi connectivity index (χ3n) is 4.06. The van der Waals surface area contributed by atoms with Gasteiger partial charge in [0.05, 0.1) is 5.41 Å². The van der Waals surface area contributed by atoms with Crippen LogP contribution in [0.1, 0.15) is 48.0 Å². The molecule has 0 rings (SSSR count). The van der Waals surface area contributed by atoms with Crippen LogP contribution in [-0.4, -0.2) is 35.1 Å². The summed E-state index contributed by atoms with van der Waals surface area (Å²) in [5, 5.41) is 9.17. The summed E-state index contributed by atoms with van der Waals surface area (Å²) >= 11 is 0. The maximum Gasteiger partial charge on any atom is 0.426 e. The molecule has 0 bridgehead atoms. The third-order valence-corrected chi connectivity index (χ3v) is 4.06. The van der Waals surface area contributed by atoms with E-state index in [0.717, 1.165) is 12.5 Å². The molecule has 0 saturated carbocycles. The van der Waals surface area contributed by atoms with Crippen molar-refractivity contribution in [1.29, 1.82) is 0 Å². The minimum absolute atomic E-state index is 0.314. The van der Waals surface area contributed by atoms with Crippen molar-refractivity contribution in [3.05, 3.63) is 11.6 Å². The Morgan fingerprint density at radius 2 is 1.44 bits per heavy atom. The Labute approximate surface area is 143 Å². The minimum Gasteiger partial charge on any atom is -0.462 e. The Balaban J connectivity index is 5.49. The average molecular weight is 378 g/mol. The Hall–Kier alpha value is -1.25. The van der Waals surface area contributed by atoms with Crippen molar-refractivity contribution in [2.45, 2.75) is 72.0 Å². The second kappa shape index (κ2) is 7.55. The van der Waals surface area contributed by atoms with Gasteiger partial charge < -0.3 is 9.84 Å². The van der Waals surface area contributed by atoms with Gasteiger partial charge in [-0.2, -0.15) is 26.3 Å². The molecule has 25 heavy (non-hydrogen) atoms. The van der Waals surface area contributed by atoms with Crippen LogP contribution >= 0.6 is 0 Å². The normalized spacial score (nSPS) is 17.0. The SMILES string of the molecule is CC(C)=CC(C)(C(=O)OC(C)CC(O)(C(F)(F)F)C(F)(F)F)C(C)C. The predicted octanol–water partition coefficient (Wildman–Crippen LogP) is 4.79. The fourth-order valence-corrected chi connectivity index (χ4v) is 2.22. The van der Waals surface area contributed by atoms with Crippen LogP contribution < -0.4 is 0 Å². The lowest BCUT2D eigenvalue weighted by molar-refractivity contribution is -0.373. The summed E-state index contributed by atoms with van der Waals surface area (Å²) in [5.41, 5.74) is -5.44. The molecule has 0 aliphatic carbocycles. The second-order valence-corrected chi connectivity index (χ2v) is 6.93. The maximum absolute atomic E-state index is 12.7. The largest absolute Gasteiger partial charge is 0.462 e. The van der Waals surface area contributed by atoms with Crippen LogP contribution in [-0.2, 0) is 9.53 Å². The maximum atomic E-state index is 12.7. The number of allylic oxidation sites excluding steroid dienone is 1. The Morgan fingerprint density at radius 1 is 1.04 bits per heavy atom. The third kappa shape index (κ3) is 5.36. The van der Waals surface area contributed by atoms with Gasteiger partial charge in [0.1, 0.15) is 6.10 Å². The van der Waals surface area contributed by atoms with Crippen molar-refractivity contribution in [3.8, 4) is 0 Å². The van der Waals surface area contributed by atoms with Crippen LogP contribution in [0.2, 0.25) is 0 Å². The number of aliphatic hydroxyl groups is 1. The van der Waals surface area contributed by atoms with Crippen LogP contribution in [0.25, 0.3) is 0 Å². The van der Waals surface area contributed by atoms with E-state index < -0.39 is 41.9 Å². The lowest BCUT2D eigenvalue weighted by Crippen LogP contribution is -2.58. The molecule has 0 aliphatic rings. The zero-order valence-corrected chi connectivity index (χ0v) is 15.0. The van der Waals surface area contributed by atoms with Crippen molar-refractivity contribution >= 4 is 5.97 Å². The van der Waals surface area contributed by atoms with E-state index in [4.69, 9.17) is 4.74 Å². The second-order valence-electron chi connectivity index (χ2n) is 6.93. The topological polar surface area (TPSA) is 46.5 Å². The molecule has 2 atom stereocenters. The van der Waals surface area contributed by atoms with Gasteiger partial charge in [0.15, 0.2) is 0 Å². The number of ether oxygens (including phenoxy) is 1. The highest BCUT2D eigenvalue weighted by Gasteiger charge is 2.70.